The Kier molecular flexibility index (Phi) is 5.48. The summed E-state index contributed by atoms with van der Waals surface area (Å²) in [6.07, 6.45) is 0.366. The molecule has 0 aliphatic heterocycles. The van der Waals surface area contributed by atoms with E-state index in [1.54, 1.807) is 0 Å². The molecule has 0 saturated heterocycles. The molecule has 2 aliphatic rings. The molecule has 2 fully saturated rings. The lowest BCUT2D eigenvalue weighted by Crippen LogP contribution is -2.43. The van der Waals surface area contributed by atoms with Gasteiger partial charge in [0.05, 0.1) is 6.10 Å². The van der Waals surface area contributed by atoms with Crippen molar-refractivity contribution in [1.29, 1.82) is 0 Å². The molecular formula is C14H23F3N2O2. The Labute approximate surface area is 122 Å². The Morgan fingerprint density at radius 1 is 1.29 bits per heavy atom. The van der Waals surface area contributed by atoms with E-state index in [1.807, 2.05) is 0 Å². The van der Waals surface area contributed by atoms with Gasteiger partial charge < -0.3 is 15.8 Å². The Bertz CT molecular complexity index is 359. The molecular weight excluding hydrogens is 285 g/mol. The summed E-state index contributed by atoms with van der Waals surface area (Å²) in [6, 6.07) is -0.193. The molecule has 2 rings (SSSR count). The van der Waals surface area contributed by atoms with E-state index in [1.165, 1.54) is 0 Å². The lowest BCUT2D eigenvalue weighted by Gasteiger charge is -2.30. The summed E-state index contributed by atoms with van der Waals surface area (Å²) < 4.78 is 41.3. The fraction of sp³-hybridized carbons (Fsp3) is 0.929. The molecule has 0 bridgehead atoms. The van der Waals surface area contributed by atoms with Gasteiger partial charge in [-0.3, -0.25) is 4.79 Å². The third-order valence-electron chi connectivity index (χ3n) is 4.12. The van der Waals surface area contributed by atoms with E-state index in [-0.39, 0.29) is 18.0 Å². The van der Waals surface area contributed by atoms with E-state index >= 15 is 0 Å². The molecule has 4 nitrogen and oxygen atoms in total. The smallest absolute Gasteiger partial charge is 0.369 e. The molecule has 0 heterocycles. The van der Waals surface area contributed by atoms with Gasteiger partial charge in [0, 0.05) is 18.5 Å². The zero-order chi connectivity index (χ0) is 15.5. The summed E-state index contributed by atoms with van der Waals surface area (Å²) in [4.78, 5) is 11.9. The van der Waals surface area contributed by atoms with Gasteiger partial charge in [0.25, 0.3) is 0 Å². The number of carbonyl (C=O) groups is 1. The zero-order valence-electron chi connectivity index (χ0n) is 12.0. The van der Waals surface area contributed by atoms with Gasteiger partial charge in [-0.15, -0.1) is 0 Å². The molecule has 0 radical (unpaired) electrons. The maximum atomic E-state index is 12.1. The van der Waals surface area contributed by atoms with E-state index in [4.69, 9.17) is 10.5 Å². The van der Waals surface area contributed by atoms with E-state index < -0.39 is 18.9 Å². The van der Waals surface area contributed by atoms with Crippen LogP contribution in [0.1, 0.15) is 44.9 Å². The van der Waals surface area contributed by atoms with Crippen LogP contribution in [0.4, 0.5) is 13.2 Å². The maximum Gasteiger partial charge on any atom is 0.411 e. The average Bonchev–Trinajstić information content (AvgIpc) is 3.20. The van der Waals surface area contributed by atoms with Crippen LogP contribution in [0.5, 0.6) is 0 Å². The lowest BCUT2D eigenvalue weighted by molar-refractivity contribution is -0.188. The van der Waals surface area contributed by atoms with Crippen molar-refractivity contribution in [3.8, 4) is 0 Å². The van der Waals surface area contributed by atoms with Gasteiger partial charge in [-0.2, -0.15) is 13.2 Å². The monoisotopic (exact) mass is 308 g/mol. The summed E-state index contributed by atoms with van der Waals surface area (Å²) >= 11 is 0. The van der Waals surface area contributed by atoms with Crippen LogP contribution in [-0.2, 0) is 9.53 Å². The maximum absolute atomic E-state index is 12.1. The molecule has 2 saturated carbocycles. The molecule has 0 aromatic heterocycles. The van der Waals surface area contributed by atoms with Crippen molar-refractivity contribution in [2.45, 2.75) is 69.3 Å². The molecule has 2 aliphatic carbocycles. The third-order valence-corrected chi connectivity index (χ3v) is 4.12. The van der Waals surface area contributed by atoms with Gasteiger partial charge in [0.1, 0.15) is 6.61 Å². The predicted octanol–water partition coefficient (Wildman–Crippen LogP) is 2.12. The minimum atomic E-state index is -4.30. The van der Waals surface area contributed by atoms with Gasteiger partial charge in [-0.1, -0.05) is 0 Å². The highest BCUT2D eigenvalue weighted by molar-refractivity contribution is 5.77. The molecule has 1 amide bonds. The minimum absolute atomic E-state index is 0.0918. The van der Waals surface area contributed by atoms with Crippen LogP contribution in [0.2, 0.25) is 0 Å². The van der Waals surface area contributed by atoms with Crippen LogP contribution in [-0.4, -0.2) is 36.9 Å². The van der Waals surface area contributed by atoms with Crippen molar-refractivity contribution in [2.75, 3.05) is 6.61 Å². The van der Waals surface area contributed by atoms with Crippen molar-refractivity contribution in [3.63, 3.8) is 0 Å². The number of rotatable bonds is 6. The number of ether oxygens (including phenoxy) is 1. The van der Waals surface area contributed by atoms with Gasteiger partial charge in [0.2, 0.25) is 5.91 Å². The quantitative estimate of drug-likeness (QED) is 0.790. The van der Waals surface area contributed by atoms with Gasteiger partial charge in [0.15, 0.2) is 0 Å². The van der Waals surface area contributed by atoms with Gasteiger partial charge >= 0.3 is 6.18 Å². The molecule has 0 aromatic carbocycles. The molecule has 3 atom stereocenters. The number of hydrogen-bond acceptors (Lipinski definition) is 3. The van der Waals surface area contributed by atoms with Crippen LogP contribution >= 0.6 is 0 Å². The zero-order valence-corrected chi connectivity index (χ0v) is 12.0. The number of alkyl halides is 3. The summed E-state index contributed by atoms with van der Waals surface area (Å²) in [5.41, 5.74) is 5.90. The van der Waals surface area contributed by atoms with Crippen LogP contribution in [0.25, 0.3) is 0 Å². The first-order chi connectivity index (χ1) is 9.83. The van der Waals surface area contributed by atoms with Crippen molar-refractivity contribution in [1.82, 2.24) is 5.32 Å². The molecule has 122 valence electrons. The van der Waals surface area contributed by atoms with Crippen LogP contribution in [0.15, 0.2) is 0 Å². The van der Waals surface area contributed by atoms with E-state index in [0.29, 0.717) is 25.2 Å². The highest BCUT2D eigenvalue weighted by Crippen LogP contribution is 2.32. The van der Waals surface area contributed by atoms with Gasteiger partial charge in [-0.25, -0.2) is 0 Å². The molecule has 21 heavy (non-hydrogen) atoms. The Hall–Kier alpha value is -0.820. The summed E-state index contributed by atoms with van der Waals surface area (Å²) in [7, 11) is 0. The van der Waals surface area contributed by atoms with E-state index in [0.717, 1.165) is 25.7 Å². The molecule has 3 N–H and O–H groups in total. The Balaban J connectivity index is 1.69. The number of halogens is 3. The Morgan fingerprint density at radius 2 is 2.00 bits per heavy atom. The topological polar surface area (TPSA) is 64.4 Å². The molecule has 0 aromatic rings. The van der Waals surface area contributed by atoms with Crippen LogP contribution in [0.3, 0.4) is 0 Å². The fourth-order valence-electron chi connectivity index (χ4n) is 2.83. The normalized spacial score (nSPS) is 28.2. The highest BCUT2D eigenvalue weighted by Gasteiger charge is 2.33. The van der Waals surface area contributed by atoms with E-state index in [2.05, 4.69) is 5.32 Å². The van der Waals surface area contributed by atoms with Crippen molar-refractivity contribution >= 4 is 5.91 Å². The second-order valence-corrected chi connectivity index (χ2v) is 6.18. The first kappa shape index (κ1) is 16.5. The number of carbonyl (C=O) groups excluding carboxylic acids is 1. The lowest BCUT2D eigenvalue weighted by atomic mass is 9.92. The second kappa shape index (κ2) is 6.96. The first-order valence-corrected chi connectivity index (χ1v) is 7.57. The first-order valence-electron chi connectivity index (χ1n) is 7.57. The summed E-state index contributed by atoms with van der Waals surface area (Å²) in [5, 5.41) is 2.88. The fourth-order valence-corrected chi connectivity index (χ4v) is 2.83. The average molecular weight is 308 g/mol. The minimum Gasteiger partial charge on any atom is -0.369 e. The predicted molar refractivity (Wildman–Crippen MR) is 71.5 cm³/mol. The number of nitrogens with one attached hydrogen (secondary N) is 1. The summed E-state index contributed by atoms with van der Waals surface area (Å²) in [6.45, 7) is -1.22. The molecule has 3 unspecified atom stereocenters. The Morgan fingerprint density at radius 3 is 2.62 bits per heavy atom. The van der Waals surface area contributed by atoms with Crippen LogP contribution < -0.4 is 11.1 Å². The number of amides is 1. The van der Waals surface area contributed by atoms with E-state index in [9.17, 15) is 18.0 Å². The van der Waals surface area contributed by atoms with Gasteiger partial charge in [-0.05, 0) is 44.4 Å². The SMILES string of the molecule is NC(CC(=O)NC1CCCC(OCC(F)(F)F)C1)C1CC1. The van der Waals surface area contributed by atoms with Crippen molar-refractivity contribution in [3.05, 3.63) is 0 Å². The number of nitrogens with two attached hydrogens (primary N) is 1. The standard InChI is InChI=1S/C14H23F3N2O2/c15-14(16,17)8-21-11-3-1-2-10(6-11)19-13(20)7-12(18)9-4-5-9/h9-12H,1-8,18H2,(H,19,20). The summed E-state index contributed by atoms with van der Waals surface area (Å²) in [5.74, 6) is 0.362. The number of hydrogen-bond donors (Lipinski definition) is 2. The highest BCUT2D eigenvalue weighted by atomic mass is 19.4. The second-order valence-electron chi connectivity index (χ2n) is 6.18. The largest absolute Gasteiger partial charge is 0.411 e. The molecule has 7 heteroatoms. The van der Waals surface area contributed by atoms with Crippen molar-refractivity contribution in [2.24, 2.45) is 11.7 Å². The third kappa shape index (κ3) is 6.22. The van der Waals surface area contributed by atoms with Crippen molar-refractivity contribution < 1.29 is 22.7 Å². The molecule has 0 spiro atoms. The van der Waals surface area contributed by atoms with Crippen LogP contribution in [0, 0.1) is 5.92 Å².